The van der Waals surface area contributed by atoms with Crippen LogP contribution in [-0.4, -0.2) is 71.2 Å². The second-order valence-corrected chi connectivity index (χ2v) is 14.5. The van der Waals surface area contributed by atoms with Gasteiger partial charge < -0.3 is 20.0 Å². The summed E-state index contributed by atoms with van der Waals surface area (Å²) in [5, 5.41) is 22.6. The van der Waals surface area contributed by atoms with Crippen LogP contribution >= 0.6 is 0 Å². The summed E-state index contributed by atoms with van der Waals surface area (Å²) in [6.07, 6.45) is 17.9. The molecule has 0 atom stereocenters. The van der Waals surface area contributed by atoms with Gasteiger partial charge in [-0.2, -0.15) is 0 Å². The first-order valence-corrected chi connectivity index (χ1v) is 20.0. The predicted molar refractivity (Wildman–Crippen MR) is 210 cm³/mol. The van der Waals surface area contributed by atoms with E-state index in [0.29, 0.717) is 12.0 Å². The maximum atomic E-state index is 13.3. The topological polar surface area (TPSA) is 81.1 Å². The fourth-order valence-corrected chi connectivity index (χ4v) is 8.05. The fourth-order valence-electron chi connectivity index (χ4n) is 8.05. The first-order chi connectivity index (χ1) is 24.4. The zero-order valence-corrected chi connectivity index (χ0v) is 31.6. The lowest BCUT2D eigenvalue weighted by Gasteiger charge is -2.25. The molecule has 6 heteroatoms. The van der Waals surface area contributed by atoms with E-state index in [0.717, 1.165) is 103 Å². The largest absolute Gasteiger partial charge is 0.478 e. The molecule has 0 fully saturated rings. The number of rotatable bonds is 26. The molecule has 1 aliphatic rings. The second kappa shape index (κ2) is 20.6. The van der Waals surface area contributed by atoms with Crippen molar-refractivity contribution in [2.75, 3.05) is 39.3 Å². The van der Waals surface area contributed by atoms with Gasteiger partial charge in [0, 0.05) is 0 Å². The van der Waals surface area contributed by atoms with E-state index in [-0.39, 0.29) is 5.56 Å². The van der Waals surface area contributed by atoms with Crippen LogP contribution < -0.4 is 0 Å². The number of hydrogen-bond acceptors (Lipinski definition) is 4. The molecular weight excluding hydrogens is 620 g/mol. The molecular formula is C44H64N2O4. The third kappa shape index (κ3) is 10.2. The van der Waals surface area contributed by atoms with Gasteiger partial charge in [0.2, 0.25) is 0 Å². The van der Waals surface area contributed by atoms with E-state index >= 15 is 0 Å². The molecule has 6 nitrogen and oxygen atoms in total. The van der Waals surface area contributed by atoms with E-state index in [1.165, 1.54) is 77.0 Å². The Labute approximate surface area is 302 Å². The summed E-state index contributed by atoms with van der Waals surface area (Å²) in [7, 11) is 0. The van der Waals surface area contributed by atoms with Crippen molar-refractivity contribution in [1.29, 1.82) is 0 Å². The monoisotopic (exact) mass is 684 g/mol. The SMILES string of the molecule is CCCCCN(CCCCC)CCCc1c(CCCN(CCCCC)CCCCC)c2c3c(cccc3c1C(=O)O)-c1ccc(C(=O)O)cc1-2. The van der Waals surface area contributed by atoms with E-state index in [1.54, 1.807) is 6.07 Å². The number of unbranched alkanes of at least 4 members (excludes halogenated alkanes) is 8. The van der Waals surface area contributed by atoms with Gasteiger partial charge in [-0.15, -0.1) is 0 Å². The smallest absolute Gasteiger partial charge is 0.336 e. The predicted octanol–water partition coefficient (Wildman–Crippen LogP) is 11.1. The minimum atomic E-state index is -0.940. The Morgan fingerprint density at radius 1 is 0.540 bits per heavy atom. The Bertz CT molecular complexity index is 1530. The number of benzene rings is 3. The molecule has 3 aromatic rings. The Balaban J connectivity index is 1.75. The Kier molecular flexibility index (Phi) is 16.3. The molecule has 0 saturated heterocycles. The quantitative estimate of drug-likeness (QED) is 0.0641. The highest BCUT2D eigenvalue weighted by atomic mass is 16.4. The van der Waals surface area contributed by atoms with Crippen LogP contribution in [0.2, 0.25) is 0 Å². The molecule has 3 aromatic carbocycles. The molecule has 0 heterocycles. The summed E-state index contributed by atoms with van der Waals surface area (Å²) >= 11 is 0. The number of carboxylic acid groups (broad SMARTS) is 2. The molecule has 0 aliphatic heterocycles. The molecule has 0 spiro atoms. The van der Waals surface area contributed by atoms with Gasteiger partial charge in [-0.25, -0.2) is 9.59 Å². The molecule has 0 aromatic heterocycles. The Hall–Kier alpha value is -3.22. The normalized spacial score (nSPS) is 12.0. The van der Waals surface area contributed by atoms with Crippen molar-refractivity contribution in [2.24, 2.45) is 0 Å². The number of carboxylic acids is 2. The van der Waals surface area contributed by atoms with Crippen LogP contribution in [0.15, 0.2) is 36.4 Å². The van der Waals surface area contributed by atoms with Gasteiger partial charge in [-0.05, 0) is 147 Å². The molecule has 4 rings (SSSR count). The van der Waals surface area contributed by atoms with Crippen molar-refractivity contribution >= 4 is 22.7 Å². The minimum Gasteiger partial charge on any atom is -0.478 e. The maximum Gasteiger partial charge on any atom is 0.336 e. The number of nitrogens with zero attached hydrogens (tertiary/aromatic N) is 2. The summed E-state index contributed by atoms with van der Waals surface area (Å²) in [5.41, 5.74) is 6.81. The average molecular weight is 685 g/mol. The van der Waals surface area contributed by atoms with Crippen molar-refractivity contribution < 1.29 is 19.8 Å². The highest BCUT2D eigenvalue weighted by Crippen LogP contribution is 2.51. The number of aromatic carboxylic acids is 2. The standard InChI is InChI=1S/C44H64N2O4/c1-5-9-13-26-45(27-14-10-6-2)30-18-22-36-37(23-19-31-46(28-15-11-7-3)29-16-12-8-4)42(44(49)50)38-21-17-20-35-34-25-24-33(43(47)48)32-39(34)41(36)40(35)38/h17,20-21,24-25,32H,5-16,18-19,22-23,26-31H2,1-4H3,(H,47,48)(H,49,50). The van der Waals surface area contributed by atoms with Gasteiger partial charge >= 0.3 is 11.9 Å². The lowest BCUT2D eigenvalue weighted by Crippen LogP contribution is -2.28. The van der Waals surface area contributed by atoms with E-state index in [2.05, 4.69) is 43.6 Å². The molecule has 2 N–H and O–H groups in total. The number of fused-ring (bicyclic) bond motifs is 3. The zero-order chi connectivity index (χ0) is 35.9. The van der Waals surface area contributed by atoms with Gasteiger partial charge in [-0.3, -0.25) is 0 Å². The molecule has 0 bridgehead atoms. The summed E-state index contributed by atoms with van der Waals surface area (Å²) in [6, 6.07) is 11.4. The Morgan fingerprint density at radius 3 is 1.52 bits per heavy atom. The van der Waals surface area contributed by atoms with E-state index in [9.17, 15) is 19.8 Å². The molecule has 0 saturated carbocycles. The minimum absolute atomic E-state index is 0.271. The second-order valence-electron chi connectivity index (χ2n) is 14.5. The van der Waals surface area contributed by atoms with Gasteiger partial charge in [0.15, 0.2) is 0 Å². The molecule has 274 valence electrons. The van der Waals surface area contributed by atoms with Crippen molar-refractivity contribution in [3.05, 3.63) is 58.7 Å². The van der Waals surface area contributed by atoms with Crippen molar-refractivity contribution in [3.63, 3.8) is 0 Å². The molecule has 1 aliphatic carbocycles. The lowest BCUT2D eigenvalue weighted by atomic mass is 9.84. The Morgan fingerprint density at radius 2 is 1.04 bits per heavy atom. The molecule has 0 unspecified atom stereocenters. The zero-order valence-electron chi connectivity index (χ0n) is 31.6. The number of carbonyl (C=O) groups is 2. The van der Waals surface area contributed by atoms with Crippen LogP contribution in [0.25, 0.3) is 33.0 Å². The third-order valence-electron chi connectivity index (χ3n) is 10.7. The van der Waals surface area contributed by atoms with Crippen LogP contribution in [0, 0.1) is 0 Å². The van der Waals surface area contributed by atoms with Crippen LogP contribution in [-0.2, 0) is 12.8 Å². The van der Waals surface area contributed by atoms with Crippen molar-refractivity contribution in [3.8, 4) is 22.3 Å². The summed E-state index contributed by atoms with van der Waals surface area (Å²) in [5.74, 6) is -1.80. The van der Waals surface area contributed by atoms with E-state index < -0.39 is 11.9 Å². The van der Waals surface area contributed by atoms with Gasteiger partial charge in [0.1, 0.15) is 0 Å². The molecule has 0 amide bonds. The highest BCUT2D eigenvalue weighted by Gasteiger charge is 2.31. The van der Waals surface area contributed by atoms with Crippen molar-refractivity contribution in [2.45, 2.75) is 130 Å². The van der Waals surface area contributed by atoms with Crippen LogP contribution in [0.1, 0.15) is 149 Å². The summed E-state index contributed by atoms with van der Waals surface area (Å²) in [4.78, 5) is 30.7. The van der Waals surface area contributed by atoms with Gasteiger partial charge in [-0.1, -0.05) is 103 Å². The van der Waals surface area contributed by atoms with Crippen LogP contribution in [0.5, 0.6) is 0 Å². The van der Waals surface area contributed by atoms with E-state index in [1.807, 2.05) is 24.3 Å². The lowest BCUT2D eigenvalue weighted by molar-refractivity contribution is 0.0686. The third-order valence-corrected chi connectivity index (χ3v) is 10.7. The highest BCUT2D eigenvalue weighted by molar-refractivity contribution is 6.21. The summed E-state index contributed by atoms with van der Waals surface area (Å²) in [6.45, 7) is 15.4. The molecule has 0 radical (unpaired) electrons. The van der Waals surface area contributed by atoms with E-state index in [4.69, 9.17) is 0 Å². The van der Waals surface area contributed by atoms with Gasteiger partial charge in [0.25, 0.3) is 0 Å². The van der Waals surface area contributed by atoms with Crippen LogP contribution in [0.4, 0.5) is 0 Å². The first kappa shape index (κ1) is 39.6. The fraction of sp³-hybridized carbons (Fsp3) is 0.591. The van der Waals surface area contributed by atoms with Crippen LogP contribution in [0.3, 0.4) is 0 Å². The summed E-state index contributed by atoms with van der Waals surface area (Å²) < 4.78 is 0. The maximum absolute atomic E-state index is 13.3. The van der Waals surface area contributed by atoms with Gasteiger partial charge in [0.05, 0.1) is 11.1 Å². The average Bonchev–Trinajstić information content (AvgIpc) is 3.43. The van der Waals surface area contributed by atoms with Crippen molar-refractivity contribution in [1.82, 2.24) is 9.80 Å². The molecule has 50 heavy (non-hydrogen) atoms. The number of hydrogen-bond donors (Lipinski definition) is 2. The first-order valence-electron chi connectivity index (χ1n) is 20.0.